The number of hydrogen-bond acceptors (Lipinski definition) is 2. The number of aromatic carboxylic acids is 1. The van der Waals surface area contributed by atoms with Crippen LogP contribution in [0.2, 0.25) is 0 Å². The van der Waals surface area contributed by atoms with Crippen LogP contribution in [0.4, 0.5) is 4.79 Å². The second-order valence-corrected chi connectivity index (χ2v) is 5.33. The molecule has 116 valence electrons. The first-order valence-electron chi connectivity index (χ1n) is 7.25. The van der Waals surface area contributed by atoms with E-state index >= 15 is 0 Å². The second kappa shape index (κ2) is 8.29. The quantitative estimate of drug-likeness (QED) is 0.811. The van der Waals surface area contributed by atoms with Crippen molar-refractivity contribution in [2.45, 2.75) is 26.7 Å². The predicted octanol–water partition coefficient (Wildman–Crippen LogP) is 2.61. The fraction of sp³-hybridized carbons (Fsp3) is 0.500. The van der Waals surface area contributed by atoms with Gasteiger partial charge < -0.3 is 15.3 Å². The third-order valence-electron chi connectivity index (χ3n) is 3.61. The number of amides is 2. The van der Waals surface area contributed by atoms with E-state index in [9.17, 15) is 9.59 Å². The van der Waals surface area contributed by atoms with Gasteiger partial charge in [-0.1, -0.05) is 38.5 Å². The van der Waals surface area contributed by atoms with Gasteiger partial charge in [0.15, 0.2) is 0 Å². The van der Waals surface area contributed by atoms with E-state index in [1.807, 2.05) is 6.07 Å². The Kier molecular flexibility index (Phi) is 6.72. The van der Waals surface area contributed by atoms with Crippen LogP contribution < -0.4 is 5.32 Å². The number of urea groups is 1. The van der Waals surface area contributed by atoms with E-state index in [0.717, 1.165) is 12.0 Å². The molecule has 1 aromatic carbocycles. The van der Waals surface area contributed by atoms with Crippen LogP contribution in [0.5, 0.6) is 0 Å². The molecular weight excluding hydrogens is 268 g/mol. The lowest BCUT2D eigenvalue weighted by Gasteiger charge is -2.19. The lowest BCUT2D eigenvalue weighted by atomic mass is 10.0. The highest BCUT2D eigenvalue weighted by molar-refractivity contribution is 5.89. The van der Waals surface area contributed by atoms with E-state index < -0.39 is 5.97 Å². The fourth-order valence-electron chi connectivity index (χ4n) is 1.88. The summed E-state index contributed by atoms with van der Waals surface area (Å²) in [5.41, 5.74) is 1.04. The summed E-state index contributed by atoms with van der Waals surface area (Å²) in [5.74, 6) is -0.482. The van der Waals surface area contributed by atoms with Gasteiger partial charge in [-0.25, -0.2) is 9.59 Å². The highest BCUT2D eigenvalue weighted by atomic mass is 16.4. The van der Waals surface area contributed by atoms with Crippen molar-refractivity contribution in [2.24, 2.45) is 5.92 Å². The Bertz CT molecular complexity index is 488. The van der Waals surface area contributed by atoms with Gasteiger partial charge in [-0.05, 0) is 24.0 Å². The number of nitrogens with one attached hydrogen (secondary N) is 1. The van der Waals surface area contributed by atoms with Crippen molar-refractivity contribution in [2.75, 3.05) is 20.1 Å². The molecule has 0 spiro atoms. The standard InChI is InChI=1S/C16H24N2O3/c1-4-12(2)11-17-16(21)18(3)10-9-13-7-5-6-8-14(13)15(19)20/h5-8,12H,4,9-11H2,1-3H3,(H,17,21)(H,19,20). The minimum Gasteiger partial charge on any atom is -0.478 e. The number of nitrogens with zero attached hydrogens (tertiary/aromatic N) is 1. The van der Waals surface area contributed by atoms with Crippen LogP contribution in [0.3, 0.4) is 0 Å². The van der Waals surface area contributed by atoms with E-state index in [2.05, 4.69) is 19.2 Å². The number of carboxylic acid groups (broad SMARTS) is 1. The number of carbonyl (C=O) groups is 2. The van der Waals surface area contributed by atoms with Crippen LogP contribution in [0.1, 0.15) is 36.2 Å². The second-order valence-electron chi connectivity index (χ2n) is 5.33. The van der Waals surface area contributed by atoms with E-state index in [0.29, 0.717) is 31.0 Å². The highest BCUT2D eigenvalue weighted by Crippen LogP contribution is 2.10. The summed E-state index contributed by atoms with van der Waals surface area (Å²) < 4.78 is 0. The van der Waals surface area contributed by atoms with Gasteiger partial charge in [0.1, 0.15) is 0 Å². The van der Waals surface area contributed by atoms with Gasteiger partial charge in [0.25, 0.3) is 0 Å². The molecule has 2 amide bonds. The molecule has 0 radical (unpaired) electrons. The lowest BCUT2D eigenvalue weighted by molar-refractivity contribution is 0.0695. The van der Waals surface area contributed by atoms with Crippen LogP contribution in [-0.4, -0.2) is 42.1 Å². The Morgan fingerprint density at radius 1 is 1.33 bits per heavy atom. The monoisotopic (exact) mass is 292 g/mol. The summed E-state index contributed by atoms with van der Waals surface area (Å²) in [4.78, 5) is 24.6. The van der Waals surface area contributed by atoms with Gasteiger partial charge >= 0.3 is 12.0 Å². The van der Waals surface area contributed by atoms with Crippen molar-refractivity contribution < 1.29 is 14.7 Å². The summed E-state index contributed by atoms with van der Waals surface area (Å²) in [5, 5.41) is 12.0. The Balaban J connectivity index is 2.51. The summed E-state index contributed by atoms with van der Waals surface area (Å²) in [6.45, 7) is 5.31. The Labute approximate surface area is 126 Å². The van der Waals surface area contributed by atoms with E-state index in [4.69, 9.17) is 5.11 Å². The Morgan fingerprint density at radius 2 is 2.00 bits per heavy atom. The Hall–Kier alpha value is -2.04. The average molecular weight is 292 g/mol. The highest BCUT2D eigenvalue weighted by Gasteiger charge is 2.12. The number of benzene rings is 1. The zero-order chi connectivity index (χ0) is 15.8. The molecule has 1 atom stereocenters. The summed E-state index contributed by atoms with van der Waals surface area (Å²) >= 11 is 0. The van der Waals surface area contributed by atoms with Gasteiger partial charge in [0, 0.05) is 20.1 Å². The molecule has 5 nitrogen and oxygen atoms in total. The average Bonchev–Trinajstić information content (AvgIpc) is 2.49. The van der Waals surface area contributed by atoms with Gasteiger partial charge in [-0.2, -0.15) is 0 Å². The molecule has 0 saturated heterocycles. The summed E-state index contributed by atoms with van der Waals surface area (Å²) in [6, 6.07) is 6.76. The van der Waals surface area contributed by atoms with Gasteiger partial charge in [-0.15, -0.1) is 0 Å². The van der Waals surface area contributed by atoms with Crippen LogP contribution in [0.15, 0.2) is 24.3 Å². The van der Waals surface area contributed by atoms with E-state index in [1.165, 1.54) is 0 Å². The molecule has 0 aliphatic rings. The summed E-state index contributed by atoms with van der Waals surface area (Å²) in [7, 11) is 1.72. The molecular formula is C16H24N2O3. The van der Waals surface area contributed by atoms with Crippen molar-refractivity contribution in [3.05, 3.63) is 35.4 Å². The van der Waals surface area contributed by atoms with Crippen LogP contribution in [-0.2, 0) is 6.42 Å². The molecule has 21 heavy (non-hydrogen) atoms. The summed E-state index contributed by atoms with van der Waals surface area (Å²) in [6.07, 6.45) is 1.55. The van der Waals surface area contributed by atoms with E-state index in [-0.39, 0.29) is 6.03 Å². The maximum absolute atomic E-state index is 11.9. The predicted molar refractivity (Wildman–Crippen MR) is 82.6 cm³/mol. The normalized spacial score (nSPS) is 11.8. The molecule has 5 heteroatoms. The lowest BCUT2D eigenvalue weighted by Crippen LogP contribution is -2.40. The molecule has 0 heterocycles. The molecule has 1 rings (SSSR count). The van der Waals surface area contributed by atoms with Gasteiger partial charge in [0.05, 0.1) is 5.56 Å². The maximum Gasteiger partial charge on any atom is 0.335 e. The van der Waals surface area contributed by atoms with Crippen LogP contribution in [0.25, 0.3) is 0 Å². The number of carboxylic acids is 1. The van der Waals surface area contributed by atoms with Crippen molar-refractivity contribution in [1.82, 2.24) is 10.2 Å². The zero-order valence-electron chi connectivity index (χ0n) is 12.9. The third kappa shape index (κ3) is 5.45. The molecule has 2 N–H and O–H groups in total. The van der Waals surface area contributed by atoms with E-state index in [1.54, 1.807) is 30.1 Å². The van der Waals surface area contributed by atoms with Crippen molar-refractivity contribution >= 4 is 12.0 Å². The number of hydrogen-bond donors (Lipinski definition) is 2. The smallest absolute Gasteiger partial charge is 0.335 e. The van der Waals surface area contributed by atoms with Gasteiger partial charge in [0.2, 0.25) is 0 Å². The van der Waals surface area contributed by atoms with Crippen molar-refractivity contribution in [3.8, 4) is 0 Å². The molecule has 0 aliphatic carbocycles. The largest absolute Gasteiger partial charge is 0.478 e. The molecule has 1 aromatic rings. The topological polar surface area (TPSA) is 69.6 Å². The number of carbonyl (C=O) groups excluding carboxylic acids is 1. The fourth-order valence-corrected chi connectivity index (χ4v) is 1.88. The molecule has 0 bridgehead atoms. The molecule has 0 fully saturated rings. The zero-order valence-corrected chi connectivity index (χ0v) is 12.9. The number of likely N-dealkylation sites (N-methyl/N-ethyl adjacent to an activating group) is 1. The van der Waals surface area contributed by atoms with Crippen LogP contribution in [0, 0.1) is 5.92 Å². The molecule has 0 saturated carbocycles. The van der Waals surface area contributed by atoms with Crippen molar-refractivity contribution in [1.29, 1.82) is 0 Å². The third-order valence-corrected chi connectivity index (χ3v) is 3.61. The maximum atomic E-state index is 11.9. The number of rotatable bonds is 7. The van der Waals surface area contributed by atoms with Crippen LogP contribution >= 0.6 is 0 Å². The Morgan fingerprint density at radius 3 is 2.62 bits per heavy atom. The first kappa shape index (κ1) is 17.0. The molecule has 0 aromatic heterocycles. The minimum absolute atomic E-state index is 0.122. The first-order chi connectivity index (χ1) is 9.95. The first-order valence-corrected chi connectivity index (χ1v) is 7.25. The minimum atomic E-state index is -0.936. The van der Waals surface area contributed by atoms with Gasteiger partial charge in [-0.3, -0.25) is 0 Å². The molecule has 0 aliphatic heterocycles. The van der Waals surface area contributed by atoms with Crippen molar-refractivity contribution in [3.63, 3.8) is 0 Å². The SMILES string of the molecule is CCC(C)CNC(=O)N(C)CCc1ccccc1C(=O)O. The molecule has 1 unspecified atom stereocenters.